The molecule has 0 amide bonds. The first-order chi connectivity index (χ1) is 8.55. The molecule has 0 aliphatic heterocycles. The second-order valence-corrected chi connectivity index (χ2v) is 6.00. The van der Waals surface area contributed by atoms with Crippen molar-refractivity contribution in [1.82, 2.24) is 0 Å². The zero-order valence-corrected chi connectivity index (χ0v) is 11.2. The monoisotopic (exact) mass is 316 g/mol. The Morgan fingerprint density at radius 3 is 2.28 bits per heavy atom. The van der Waals surface area contributed by atoms with Crippen LogP contribution in [-0.2, 0) is 11.5 Å². The van der Waals surface area contributed by atoms with Crippen molar-refractivity contribution in [3.8, 4) is 0 Å². The van der Waals surface area contributed by atoms with Crippen molar-refractivity contribution in [3.63, 3.8) is 0 Å². The van der Waals surface area contributed by atoms with E-state index in [1.54, 1.807) is 6.07 Å². The molecule has 18 heavy (non-hydrogen) atoms. The first-order valence-electron chi connectivity index (χ1n) is 5.40. The second-order valence-electron chi connectivity index (χ2n) is 3.80. The summed E-state index contributed by atoms with van der Waals surface area (Å²) in [4.78, 5) is 0. The van der Waals surface area contributed by atoms with Crippen molar-refractivity contribution in [2.24, 2.45) is 0 Å². The molecule has 0 radical (unpaired) electrons. The number of rotatable bonds is 3. The third-order valence-electron chi connectivity index (χ3n) is 2.41. The standard InChI is InChI=1S/C14H11F3Se/c15-14(16,17)12-7-4-8-13(9-12)18-10-11-5-2-1-3-6-11/h1-9H,10H2. The molecule has 2 aromatic rings. The van der Waals surface area contributed by atoms with Gasteiger partial charge in [0.2, 0.25) is 0 Å². The minimum absolute atomic E-state index is 0.0304. The van der Waals surface area contributed by atoms with Gasteiger partial charge in [-0.3, -0.25) is 0 Å². The maximum absolute atomic E-state index is 12.5. The molecule has 0 aliphatic carbocycles. The van der Waals surface area contributed by atoms with E-state index in [0.29, 0.717) is 0 Å². The zero-order valence-electron chi connectivity index (χ0n) is 9.45. The predicted molar refractivity (Wildman–Crippen MR) is 67.0 cm³/mol. The van der Waals surface area contributed by atoms with Gasteiger partial charge in [0, 0.05) is 0 Å². The van der Waals surface area contributed by atoms with Crippen LogP contribution in [0.2, 0.25) is 0 Å². The molecule has 0 aliphatic rings. The van der Waals surface area contributed by atoms with Crippen LogP contribution in [0, 0.1) is 0 Å². The Morgan fingerprint density at radius 1 is 0.889 bits per heavy atom. The Kier molecular flexibility index (Phi) is 4.10. The van der Waals surface area contributed by atoms with Crippen molar-refractivity contribution in [1.29, 1.82) is 0 Å². The van der Waals surface area contributed by atoms with Crippen molar-refractivity contribution in [2.75, 3.05) is 0 Å². The topological polar surface area (TPSA) is 0 Å². The second kappa shape index (κ2) is 5.59. The van der Waals surface area contributed by atoms with E-state index in [1.807, 2.05) is 30.3 Å². The van der Waals surface area contributed by atoms with E-state index in [9.17, 15) is 13.2 Å². The summed E-state index contributed by atoms with van der Waals surface area (Å²) in [6.45, 7) is 0. The van der Waals surface area contributed by atoms with Gasteiger partial charge < -0.3 is 0 Å². The summed E-state index contributed by atoms with van der Waals surface area (Å²) in [5.41, 5.74) is 0.602. The van der Waals surface area contributed by atoms with E-state index in [1.165, 1.54) is 12.1 Å². The third-order valence-corrected chi connectivity index (χ3v) is 4.64. The van der Waals surface area contributed by atoms with Gasteiger partial charge >= 0.3 is 110 Å². The quantitative estimate of drug-likeness (QED) is 0.763. The van der Waals surface area contributed by atoms with Crippen LogP contribution in [0.5, 0.6) is 0 Å². The van der Waals surface area contributed by atoms with E-state index in [4.69, 9.17) is 0 Å². The van der Waals surface area contributed by atoms with Gasteiger partial charge in [0.25, 0.3) is 0 Å². The molecule has 0 saturated heterocycles. The van der Waals surface area contributed by atoms with E-state index in [-0.39, 0.29) is 15.0 Å². The van der Waals surface area contributed by atoms with Crippen LogP contribution in [-0.4, -0.2) is 15.0 Å². The molecule has 0 atom stereocenters. The van der Waals surface area contributed by atoms with Crippen LogP contribution in [0.25, 0.3) is 0 Å². The Bertz CT molecular complexity index is 506. The van der Waals surface area contributed by atoms with E-state index >= 15 is 0 Å². The average Bonchev–Trinajstić information content (AvgIpc) is 2.37. The van der Waals surface area contributed by atoms with Crippen LogP contribution in [0.15, 0.2) is 54.6 Å². The van der Waals surface area contributed by atoms with Gasteiger partial charge in [-0.25, -0.2) is 0 Å². The van der Waals surface area contributed by atoms with Crippen LogP contribution in [0.1, 0.15) is 11.1 Å². The summed E-state index contributed by atoms with van der Waals surface area (Å²) >= 11 is 0.0304. The number of alkyl halides is 3. The average molecular weight is 315 g/mol. The molecule has 0 bridgehead atoms. The molecule has 0 aromatic heterocycles. The van der Waals surface area contributed by atoms with E-state index in [0.717, 1.165) is 21.4 Å². The molecule has 2 aromatic carbocycles. The summed E-state index contributed by atoms with van der Waals surface area (Å²) in [5, 5.41) is 0.815. The molecule has 0 saturated carbocycles. The number of halogens is 3. The number of hydrogen-bond acceptors (Lipinski definition) is 0. The minimum atomic E-state index is -4.25. The Morgan fingerprint density at radius 2 is 1.61 bits per heavy atom. The Balaban J connectivity index is 2.06. The van der Waals surface area contributed by atoms with Crippen molar-refractivity contribution >= 4 is 19.4 Å². The van der Waals surface area contributed by atoms with Gasteiger partial charge in [0.05, 0.1) is 0 Å². The first kappa shape index (κ1) is 13.2. The molecule has 0 heterocycles. The summed E-state index contributed by atoms with van der Waals surface area (Å²) in [5.74, 6) is 0. The molecule has 94 valence electrons. The van der Waals surface area contributed by atoms with Crippen LogP contribution in [0.4, 0.5) is 13.2 Å². The van der Waals surface area contributed by atoms with E-state index < -0.39 is 11.7 Å². The predicted octanol–water partition coefficient (Wildman–Crippen LogP) is 3.24. The SMILES string of the molecule is FC(F)(F)c1cccc([Se]Cc2ccccc2)c1. The van der Waals surface area contributed by atoms with Crippen LogP contribution >= 0.6 is 0 Å². The fourth-order valence-electron chi connectivity index (χ4n) is 1.50. The van der Waals surface area contributed by atoms with Crippen molar-refractivity contribution in [2.45, 2.75) is 11.5 Å². The maximum atomic E-state index is 12.5. The molecule has 2 rings (SSSR count). The Labute approximate surface area is 110 Å². The van der Waals surface area contributed by atoms with Gasteiger partial charge in [-0.05, 0) is 0 Å². The zero-order chi connectivity index (χ0) is 13.0. The number of hydrogen-bond donors (Lipinski definition) is 0. The van der Waals surface area contributed by atoms with Crippen molar-refractivity contribution in [3.05, 3.63) is 65.7 Å². The Hall–Kier alpha value is -1.25. The molecule has 4 heteroatoms. The molecule has 0 fully saturated rings. The molecule has 0 nitrogen and oxygen atoms in total. The van der Waals surface area contributed by atoms with Gasteiger partial charge in [-0.2, -0.15) is 0 Å². The summed E-state index contributed by atoms with van der Waals surface area (Å²) in [6, 6.07) is 15.4. The van der Waals surface area contributed by atoms with E-state index in [2.05, 4.69) is 0 Å². The summed E-state index contributed by atoms with van der Waals surface area (Å²) in [7, 11) is 0. The number of benzene rings is 2. The first-order valence-corrected chi connectivity index (χ1v) is 7.46. The fourth-order valence-corrected chi connectivity index (χ4v) is 3.41. The van der Waals surface area contributed by atoms with Gasteiger partial charge in [0.1, 0.15) is 0 Å². The fraction of sp³-hybridized carbons (Fsp3) is 0.143. The summed E-state index contributed by atoms with van der Waals surface area (Å²) in [6.07, 6.45) is -4.25. The normalized spacial score (nSPS) is 11.5. The van der Waals surface area contributed by atoms with Crippen LogP contribution < -0.4 is 4.46 Å². The van der Waals surface area contributed by atoms with Gasteiger partial charge in [0.15, 0.2) is 0 Å². The molecular weight excluding hydrogens is 304 g/mol. The molecular formula is C14H11F3Se. The van der Waals surface area contributed by atoms with Crippen molar-refractivity contribution < 1.29 is 13.2 Å². The molecule has 0 spiro atoms. The van der Waals surface area contributed by atoms with Gasteiger partial charge in [-0.1, -0.05) is 0 Å². The van der Waals surface area contributed by atoms with Crippen LogP contribution in [0.3, 0.4) is 0 Å². The molecule has 0 N–H and O–H groups in total. The summed E-state index contributed by atoms with van der Waals surface area (Å²) < 4.78 is 38.4. The van der Waals surface area contributed by atoms with Gasteiger partial charge in [-0.15, -0.1) is 0 Å². The molecule has 0 unspecified atom stereocenters. The third kappa shape index (κ3) is 3.62.